The molecule has 0 saturated heterocycles. The van der Waals surface area contributed by atoms with E-state index in [4.69, 9.17) is 0 Å². The third-order valence-electron chi connectivity index (χ3n) is 11.0. The molecule has 2 aliphatic heterocycles. The summed E-state index contributed by atoms with van der Waals surface area (Å²) in [4.78, 5) is 5.23. The lowest BCUT2D eigenvalue weighted by molar-refractivity contribution is 0.444. The van der Waals surface area contributed by atoms with Crippen LogP contribution in [0, 0.1) is 0 Å². The third kappa shape index (κ3) is 4.09. The van der Waals surface area contributed by atoms with Crippen LogP contribution in [0.4, 0.5) is 34.1 Å². The maximum absolute atomic E-state index is 2.67. The molecule has 2 nitrogen and oxygen atoms in total. The Balaban J connectivity index is 1.36. The summed E-state index contributed by atoms with van der Waals surface area (Å²) in [5.74, 6) is 1.25. The highest BCUT2D eigenvalue weighted by atomic mass is 15.2. The second-order valence-electron chi connectivity index (χ2n) is 13.4. The summed E-state index contributed by atoms with van der Waals surface area (Å²) in [6.07, 6.45) is 11.9. The first-order valence-corrected chi connectivity index (χ1v) is 17.0. The Kier molecular flexibility index (Phi) is 6.39. The van der Waals surface area contributed by atoms with Gasteiger partial charge in [-0.2, -0.15) is 0 Å². The fourth-order valence-electron chi connectivity index (χ4n) is 8.98. The van der Waals surface area contributed by atoms with E-state index in [1.165, 1.54) is 119 Å². The lowest BCUT2D eigenvalue weighted by Gasteiger charge is -2.45. The van der Waals surface area contributed by atoms with Gasteiger partial charge >= 0.3 is 0 Å². The van der Waals surface area contributed by atoms with Crippen LogP contribution in [0.1, 0.15) is 80.8 Å². The number of nitrogens with zero attached hydrogens (tertiary/aromatic N) is 2. The predicted octanol–water partition coefficient (Wildman–Crippen LogP) is 9.47. The molecule has 5 aromatic carbocycles. The fourth-order valence-corrected chi connectivity index (χ4v) is 8.98. The highest BCUT2D eigenvalue weighted by molar-refractivity contribution is 7.00. The molecule has 0 unspecified atom stereocenters. The number of para-hydroxylation sites is 4. The zero-order chi connectivity index (χ0) is 29.0. The van der Waals surface area contributed by atoms with Gasteiger partial charge in [-0.1, -0.05) is 105 Å². The van der Waals surface area contributed by atoms with Gasteiger partial charge < -0.3 is 9.80 Å². The van der Waals surface area contributed by atoms with Crippen LogP contribution in [-0.2, 0) is 0 Å². The second-order valence-corrected chi connectivity index (χ2v) is 13.4. The molecule has 0 amide bonds. The van der Waals surface area contributed by atoms with E-state index in [0.29, 0.717) is 11.8 Å². The number of hydrogen-bond donors (Lipinski definition) is 0. The summed E-state index contributed by atoms with van der Waals surface area (Å²) >= 11 is 0. The number of anilines is 6. The van der Waals surface area contributed by atoms with Crippen LogP contribution >= 0.6 is 0 Å². The molecule has 0 bridgehead atoms. The minimum atomic E-state index is 0.197. The molecular weight excluding hydrogens is 531 g/mol. The van der Waals surface area contributed by atoms with E-state index in [0.717, 1.165) is 0 Å². The van der Waals surface area contributed by atoms with Gasteiger partial charge in [0.15, 0.2) is 0 Å². The third-order valence-corrected chi connectivity index (χ3v) is 11.0. The molecule has 4 aliphatic rings. The molecule has 9 rings (SSSR count). The average molecular weight is 571 g/mol. The average Bonchev–Trinajstić information content (AvgIpc) is 3.64. The lowest BCUT2D eigenvalue weighted by Crippen LogP contribution is -2.61. The van der Waals surface area contributed by atoms with E-state index in [1.54, 1.807) is 0 Å². The predicted molar refractivity (Wildman–Crippen MR) is 187 cm³/mol. The maximum Gasteiger partial charge on any atom is 0.252 e. The molecule has 2 heterocycles. The van der Waals surface area contributed by atoms with E-state index < -0.39 is 0 Å². The second kappa shape index (κ2) is 10.7. The molecule has 2 saturated carbocycles. The van der Waals surface area contributed by atoms with Gasteiger partial charge in [-0.15, -0.1) is 0 Å². The molecule has 216 valence electrons. The van der Waals surface area contributed by atoms with Crippen molar-refractivity contribution in [2.45, 2.75) is 69.6 Å². The zero-order valence-electron chi connectivity index (χ0n) is 25.5. The van der Waals surface area contributed by atoms with Crippen molar-refractivity contribution >= 4 is 57.2 Å². The summed E-state index contributed by atoms with van der Waals surface area (Å²) in [7, 11) is 0. The molecule has 0 N–H and O–H groups in total. The maximum atomic E-state index is 2.67. The summed E-state index contributed by atoms with van der Waals surface area (Å²) in [5.41, 5.74) is 15.3. The quantitative estimate of drug-likeness (QED) is 0.195. The van der Waals surface area contributed by atoms with Gasteiger partial charge in [0.2, 0.25) is 0 Å². The van der Waals surface area contributed by atoms with Crippen molar-refractivity contribution in [2.24, 2.45) is 0 Å². The first-order chi connectivity index (χ1) is 21.9. The van der Waals surface area contributed by atoms with E-state index >= 15 is 0 Å². The fraction of sp³-hybridized carbons (Fsp3) is 0.268. The van der Waals surface area contributed by atoms with Crippen molar-refractivity contribution in [3.05, 3.63) is 126 Å². The smallest absolute Gasteiger partial charge is 0.252 e. The first kappa shape index (κ1) is 26.2. The SMILES string of the molecule is c1ccc(N2c3ccccc3B3c4ccccc4N(c4ccccc4C4CCCC4)c4cc(C5CCCCC5)cc2c43)cc1. The van der Waals surface area contributed by atoms with Crippen molar-refractivity contribution in [2.75, 3.05) is 9.80 Å². The van der Waals surface area contributed by atoms with Gasteiger partial charge in [0, 0.05) is 34.1 Å². The minimum Gasteiger partial charge on any atom is -0.311 e. The molecule has 2 aliphatic carbocycles. The summed E-state index contributed by atoms with van der Waals surface area (Å²) in [6.45, 7) is 0.197. The number of benzene rings is 5. The molecule has 3 heteroatoms. The Hall–Kier alpha value is -4.24. The summed E-state index contributed by atoms with van der Waals surface area (Å²) in [5, 5.41) is 0. The number of hydrogen-bond acceptors (Lipinski definition) is 2. The van der Waals surface area contributed by atoms with Crippen molar-refractivity contribution in [1.29, 1.82) is 0 Å². The van der Waals surface area contributed by atoms with Crippen LogP contribution in [0.3, 0.4) is 0 Å². The number of fused-ring (bicyclic) bond motifs is 4. The topological polar surface area (TPSA) is 6.48 Å². The molecule has 0 atom stereocenters. The highest BCUT2D eigenvalue weighted by Crippen LogP contribution is 2.49. The molecular formula is C41H39BN2. The lowest BCUT2D eigenvalue weighted by atomic mass is 9.33. The monoisotopic (exact) mass is 570 g/mol. The van der Waals surface area contributed by atoms with Crippen LogP contribution in [-0.4, -0.2) is 6.71 Å². The van der Waals surface area contributed by atoms with Crippen LogP contribution in [0.5, 0.6) is 0 Å². The Morgan fingerprint density at radius 2 is 0.977 bits per heavy atom. The van der Waals surface area contributed by atoms with E-state index in [9.17, 15) is 0 Å². The molecule has 2 fully saturated rings. The Labute approximate surface area is 262 Å². The Morgan fingerprint density at radius 3 is 1.68 bits per heavy atom. The van der Waals surface area contributed by atoms with Crippen molar-refractivity contribution in [3.63, 3.8) is 0 Å². The van der Waals surface area contributed by atoms with Crippen LogP contribution in [0.25, 0.3) is 0 Å². The molecule has 0 radical (unpaired) electrons. The first-order valence-electron chi connectivity index (χ1n) is 17.0. The van der Waals surface area contributed by atoms with Crippen LogP contribution in [0.15, 0.2) is 115 Å². The van der Waals surface area contributed by atoms with Crippen LogP contribution < -0.4 is 26.2 Å². The van der Waals surface area contributed by atoms with Gasteiger partial charge in [-0.3, -0.25) is 0 Å². The van der Waals surface area contributed by atoms with Crippen LogP contribution in [0.2, 0.25) is 0 Å². The Morgan fingerprint density at radius 1 is 0.455 bits per heavy atom. The summed E-state index contributed by atoms with van der Waals surface area (Å²) < 4.78 is 0. The molecule has 44 heavy (non-hydrogen) atoms. The van der Waals surface area contributed by atoms with Gasteiger partial charge in [0.1, 0.15) is 0 Å². The van der Waals surface area contributed by atoms with Crippen molar-refractivity contribution in [1.82, 2.24) is 0 Å². The largest absolute Gasteiger partial charge is 0.311 e. The van der Waals surface area contributed by atoms with Gasteiger partial charge in [0.05, 0.1) is 0 Å². The number of rotatable bonds is 4. The van der Waals surface area contributed by atoms with Crippen molar-refractivity contribution in [3.8, 4) is 0 Å². The van der Waals surface area contributed by atoms with E-state index in [2.05, 4.69) is 125 Å². The van der Waals surface area contributed by atoms with Gasteiger partial charge in [-0.05, 0) is 107 Å². The zero-order valence-corrected chi connectivity index (χ0v) is 25.5. The normalized spacial score (nSPS) is 17.8. The summed E-state index contributed by atoms with van der Waals surface area (Å²) in [6, 6.07) is 44.0. The Bertz CT molecular complexity index is 1830. The van der Waals surface area contributed by atoms with Gasteiger partial charge in [-0.25, -0.2) is 0 Å². The molecule has 0 spiro atoms. The van der Waals surface area contributed by atoms with Gasteiger partial charge in [0.25, 0.3) is 6.71 Å². The minimum absolute atomic E-state index is 0.197. The molecule has 5 aromatic rings. The standard InChI is InChI=1S/C41H39BN2/c1-3-15-29(16-4-1)31-27-39-41-40(28-31)44(36-24-12-9-21-33(36)30-17-7-8-18-30)38-26-14-11-23-35(38)42(41)34-22-10-13-25-37(34)43(39)32-19-5-2-6-20-32/h2,5-6,9-14,19-30H,1,3-4,7-8,15-18H2. The van der Waals surface area contributed by atoms with Crippen molar-refractivity contribution < 1.29 is 0 Å². The van der Waals surface area contributed by atoms with E-state index in [-0.39, 0.29) is 6.71 Å². The van der Waals surface area contributed by atoms with E-state index in [1.807, 2.05) is 0 Å². The molecule has 0 aromatic heterocycles. The highest BCUT2D eigenvalue weighted by Gasteiger charge is 2.44.